The Morgan fingerprint density at radius 1 is 1.52 bits per heavy atom. The van der Waals surface area contributed by atoms with Crippen molar-refractivity contribution >= 4 is 23.0 Å². The second-order valence-electron chi connectivity index (χ2n) is 5.32. The number of anilines is 3. The fourth-order valence-corrected chi connectivity index (χ4v) is 2.51. The van der Waals surface area contributed by atoms with Gasteiger partial charge in [-0.15, -0.1) is 0 Å². The average molecular weight is 293 g/mol. The van der Waals surface area contributed by atoms with Crippen molar-refractivity contribution in [3.63, 3.8) is 0 Å². The molecule has 0 radical (unpaired) electrons. The minimum absolute atomic E-state index is 0.0172. The van der Waals surface area contributed by atoms with E-state index in [4.69, 9.17) is 19.9 Å². The minimum atomic E-state index is -0.331. The number of carbonyl (C=O) groups excluding carboxylic acids is 1. The number of nitrogens with one attached hydrogen (secondary N) is 2. The van der Waals surface area contributed by atoms with Gasteiger partial charge in [0.15, 0.2) is 6.61 Å². The molecule has 1 amide bonds. The maximum atomic E-state index is 11.4. The highest BCUT2D eigenvalue weighted by atomic mass is 16.5. The van der Waals surface area contributed by atoms with E-state index < -0.39 is 0 Å². The Labute approximate surface area is 122 Å². The van der Waals surface area contributed by atoms with Gasteiger partial charge in [-0.25, -0.2) is 0 Å². The van der Waals surface area contributed by atoms with E-state index >= 15 is 0 Å². The Hall–Kier alpha value is -1.99. The molecular formula is C14H19N3O4. The third kappa shape index (κ3) is 2.74. The molecule has 0 aromatic heterocycles. The number of fused-ring (bicyclic) bond motifs is 1. The lowest BCUT2D eigenvalue weighted by Crippen LogP contribution is -2.39. The van der Waals surface area contributed by atoms with E-state index in [9.17, 15) is 4.79 Å². The van der Waals surface area contributed by atoms with Gasteiger partial charge in [-0.05, 0) is 6.07 Å². The summed E-state index contributed by atoms with van der Waals surface area (Å²) in [6.07, 6.45) is 0.835. The van der Waals surface area contributed by atoms with Gasteiger partial charge in [0.2, 0.25) is 0 Å². The van der Waals surface area contributed by atoms with E-state index in [0.29, 0.717) is 36.9 Å². The van der Waals surface area contributed by atoms with Gasteiger partial charge in [-0.2, -0.15) is 0 Å². The van der Waals surface area contributed by atoms with Crippen LogP contribution < -0.4 is 21.1 Å². The zero-order valence-electron chi connectivity index (χ0n) is 11.9. The second-order valence-corrected chi connectivity index (χ2v) is 5.32. The molecule has 1 aromatic rings. The second kappa shape index (κ2) is 5.42. The topological polar surface area (TPSA) is 94.8 Å². The number of hydrogen-bond acceptors (Lipinski definition) is 6. The summed E-state index contributed by atoms with van der Waals surface area (Å²) in [5.41, 5.74) is 7.62. The van der Waals surface area contributed by atoms with Gasteiger partial charge < -0.3 is 30.6 Å². The summed E-state index contributed by atoms with van der Waals surface area (Å²) in [6, 6.07) is 3.49. The summed E-state index contributed by atoms with van der Waals surface area (Å²) in [5.74, 6) is 0.416. The molecule has 114 valence electrons. The maximum Gasteiger partial charge on any atom is 0.262 e. The molecule has 1 fully saturated rings. The van der Waals surface area contributed by atoms with E-state index in [2.05, 4.69) is 10.6 Å². The van der Waals surface area contributed by atoms with Crippen molar-refractivity contribution in [3.05, 3.63) is 12.1 Å². The number of nitrogens with two attached hydrogens (primary N) is 1. The van der Waals surface area contributed by atoms with Crippen LogP contribution >= 0.6 is 0 Å². The van der Waals surface area contributed by atoms with E-state index in [1.165, 1.54) is 0 Å². The lowest BCUT2D eigenvalue weighted by atomic mass is 10.0. The first-order chi connectivity index (χ1) is 10.1. The van der Waals surface area contributed by atoms with Gasteiger partial charge >= 0.3 is 0 Å². The van der Waals surface area contributed by atoms with Gasteiger partial charge in [0.25, 0.3) is 5.91 Å². The summed E-state index contributed by atoms with van der Waals surface area (Å²) in [4.78, 5) is 11.4. The van der Waals surface area contributed by atoms with Gasteiger partial charge in [-0.3, -0.25) is 4.79 Å². The van der Waals surface area contributed by atoms with Crippen LogP contribution in [0.3, 0.4) is 0 Å². The van der Waals surface area contributed by atoms with Crippen molar-refractivity contribution in [3.8, 4) is 5.75 Å². The number of rotatable bonds is 4. The fraction of sp³-hybridized carbons (Fsp3) is 0.500. The molecule has 7 heteroatoms. The van der Waals surface area contributed by atoms with Crippen molar-refractivity contribution < 1.29 is 19.0 Å². The number of methoxy groups -OCH3 is 1. The first kappa shape index (κ1) is 14.0. The Morgan fingerprint density at radius 2 is 2.38 bits per heavy atom. The van der Waals surface area contributed by atoms with E-state index in [0.717, 1.165) is 12.1 Å². The summed E-state index contributed by atoms with van der Waals surface area (Å²) in [6.45, 7) is 1.85. The van der Waals surface area contributed by atoms with Crippen LogP contribution in [-0.2, 0) is 14.3 Å². The zero-order valence-corrected chi connectivity index (χ0v) is 11.9. The van der Waals surface area contributed by atoms with Gasteiger partial charge in [-0.1, -0.05) is 0 Å². The average Bonchev–Trinajstić information content (AvgIpc) is 2.95. The highest BCUT2D eigenvalue weighted by molar-refractivity contribution is 5.97. The minimum Gasteiger partial charge on any atom is -0.482 e. The smallest absolute Gasteiger partial charge is 0.262 e. The van der Waals surface area contributed by atoms with Crippen LogP contribution in [0.25, 0.3) is 0 Å². The lowest BCUT2D eigenvalue weighted by molar-refractivity contribution is -0.118. The Kier molecular flexibility index (Phi) is 3.60. The highest BCUT2D eigenvalue weighted by Crippen LogP contribution is 2.35. The molecule has 0 saturated carbocycles. The molecule has 1 atom stereocenters. The molecule has 0 bridgehead atoms. The number of nitrogen functional groups attached to an aromatic ring is 1. The zero-order chi connectivity index (χ0) is 14.9. The van der Waals surface area contributed by atoms with Crippen LogP contribution in [-0.4, -0.2) is 45.0 Å². The van der Waals surface area contributed by atoms with Gasteiger partial charge in [0, 0.05) is 32.7 Å². The van der Waals surface area contributed by atoms with Crippen LogP contribution in [0.5, 0.6) is 5.75 Å². The molecule has 1 saturated heterocycles. The van der Waals surface area contributed by atoms with Crippen molar-refractivity contribution in [2.75, 3.05) is 49.8 Å². The highest BCUT2D eigenvalue weighted by Gasteiger charge is 2.35. The molecule has 2 aliphatic rings. The molecule has 0 aliphatic carbocycles. The largest absolute Gasteiger partial charge is 0.482 e. The third-order valence-electron chi connectivity index (χ3n) is 3.89. The van der Waals surface area contributed by atoms with Crippen molar-refractivity contribution in [1.82, 2.24) is 0 Å². The first-order valence-corrected chi connectivity index (χ1v) is 6.85. The molecule has 2 heterocycles. The van der Waals surface area contributed by atoms with Crippen LogP contribution in [0.1, 0.15) is 6.42 Å². The maximum absolute atomic E-state index is 11.4. The quantitative estimate of drug-likeness (QED) is 0.711. The molecule has 7 nitrogen and oxygen atoms in total. The Bertz CT molecular complexity index is 555. The van der Waals surface area contributed by atoms with Crippen LogP contribution in [0.15, 0.2) is 12.1 Å². The monoisotopic (exact) mass is 293 g/mol. The van der Waals surface area contributed by atoms with Crippen molar-refractivity contribution in [2.24, 2.45) is 0 Å². The van der Waals surface area contributed by atoms with Crippen LogP contribution in [0.4, 0.5) is 17.1 Å². The van der Waals surface area contributed by atoms with E-state index in [1.54, 1.807) is 19.2 Å². The fourth-order valence-electron chi connectivity index (χ4n) is 2.51. The summed E-state index contributed by atoms with van der Waals surface area (Å²) in [7, 11) is 1.68. The number of benzene rings is 1. The normalized spacial score (nSPS) is 24.1. The molecule has 1 unspecified atom stereocenters. The third-order valence-corrected chi connectivity index (χ3v) is 3.89. The van der Waals surface area contributed by atoms with Crippen LogP contribution in [0.2, 0.25) is 0 Å². The van der Waals surface area contributed by atoms with Crippen molar-refractivity contribution in [2.45, 2.75) is 12.0 Å². The van der Waals surface area contributed by atoms with Gasteiger partial charge in [0.1, 0.15) is 11.4 Å². The molecule has 21 heavy (non-hydrogen) atoms. The van der Waals surface area contributed by atoms with Crippen LogP contribution in [0, 0.1) is 0 Å². The molecule has 0 spiro atoms. The number of carbonyl (C=O) groups is 1. The number of ether oxygens (including phenoxy) is 3. The SMILES string of the molecule is COC1(CNc2cc3c(cc2N)OCC(=O)N3)CCOC1. The van der Waals surface area contributed by atoms with Crippen molar-refractivity contribution in [1.29, 1.82) is 0 Å². The van der Waals surface area contributed by atoms with E-state index in [1.807, 2.05) is 0 Å². The van der Waals surface area contributed by atoms with E-state index in [-0.39, 0.29) is 18.1 Å². The molecule has 1 aromatic carbocycles. The number of hydrogen-bond donors (Lipinski definition) is 3. The molecule has 4 N–H and O–H groups in total. The Morgan fingerprint density at radius 3 is 3.10 bits per heavy atom. The molecule has 2 aliphatic heterocycles. The summed E-state index contributed by atoms with van der Waals surface area (Å²) >= 11 is 0. The molecular weight excluding hydrogens is 274 g/mol. The predicted molar refractivity (Wildman–Crippen MR) is 78.6 cm³/mol. The summed E-state index contributed by atoms with van der Waals surface area (Å²) < 4.78 is 16.3. The Balaban J connectivity index is 1.76. The van der Waals surface area contributed by atoms with Gasteiger partial charge in [0.05, 0.1) is 23.7 Å². The standard InChI is InChI=1S/C14H19N3O4/c1-19-14(2-3-20-8-14)7-16-10-5-11-12(4-9(10)15)21-6-13(18)17-11/h4-5,16H,2-3,6-8,15H2,1H3,(H,17,18). The molecule has 3 rings (SSSR count). The number of amides is 1. The predicted octanol–water partition coefficient (Wildman–Crippen LogP) is 0.817. The summed E-state index contributed by atoms with van der Waals surface area (Å²) in [5, 5.41) is 6.04. The first-order valence-electron chi connectivity index (χ1n) is 6.85. The lowest BCUT2D eigenvalue weighted by Gasteiger charge is -2.27.